The Morgan fingerprint density at radius 3 is 2.42 bits per heavy atom. The van der Waals surface area contributed by atoms with Gasteiger partial charge in [0.05, 0.1) is 12.8 Å². The van der Waals surface area contributed by atoms with Gasteiger partial charge in [0, 0.05) is 6.20 Å². The van der Waals surface area contributed by atoms with Crippen molar-refractivity contribution in [3.05, 3.63) is 47.1 Å². The van der Waals surface area contributed by atoms with Gasteiger partial charge in [-0.2, -0.15) is 13.2 Å². The number of nitrogens with one attached hydrogen (secondary N) is 1. The van der Waals surface area contributed by atoms with Gasteiger partial charge in [-0.15, -0.1) is 0 Å². The first kappa shape index (κ1) is 28.4. The molecule has 3 unspecified atom stereocenters. The van der Waals surface area contributed by atoms with Crippen LogP contribution in [0.15, 0.2) is 30.0 Å². The van der Waals surface area contributed by atoms with Crippen LogP contribution in [0, 0.1) is 36.5 Å². The van der Waals surface area contributed by atoms with E-state index in [-0.39, 0.29) is 5.69 Å². The van der Waals surface area contributed by atoms with E-state index < -0.39 is 12.0 Å². The molecule has 1 aliphatic carbocycles. The van der Waals surface area contributed by atoms with Gasteiger partial charge in [-0.05, 0) is 112 Å². The maximum atomic E-state index is 13.3. The monoisotopic (exact) mass is 505 g/mol. The Morgan fingerprint density at radius 1 is 1.11 bits per heavy atom. The lowest BCUT2D eigenvalue weighted by molar-refractivity contribution is -0.144. The van der Waals surface area contributed by atoms with E-state index in [0.29, 0.717) is 23.5 Å². The fourth-order valence-corrected chi connectivity index (χ4v) is 6.21. The minimum atomic E-state index is -4.64. The Balaban J connectivity index is 2.09. The van der Waals surface area contributed by atoms with Crippen LogP contribution < -0.4 is 10.1 Å². The highest BCUT2D eigenvalue weighted by molar-refractivity contribution is 5.68. The van der Waals surface area contributed by atoms with Crippen molar-refractivity contribution in [1.29, 1.82) is 0 Å². The highest BCUT2D eigenvalue weighted by Gasteiger charge is 2.36. The lowest BCUT2D eigenvalue weighted by atomic mass is 9.64. The van der Waals surface area contributed by atoms with Gasteiger partial charge in [0.25, 0.3) is 0 Å². The van der Waals surface area contributed by atoms with Crippen LogP contribution in [0.4, 0.5) is 13.2 Å². The summed E-state index contributed by atoms with van der Waals surface area (Å²) in [5.74, 6) is 2.11. The molecule has 200 valence electrons. The van der Waals surface area contributed by atoms with E-state index in [1.807, 2.05) is 12.1 Å². The van der Waals surface area contributed by atoms with Gasteiger partial charge in [0.1, 0.15) is 5.75 Å². The zero-order valence-corrected chi connectivity index (χ0v) is 22.6. The Bertz CT molecular complexity index is 982. The summed E-state index contributed by atoms with van der Waals surface area (Å²) in [5.41, 5.74) is 3.67. The summed E-state index contributed by atoms with van der Waals surface area (Å²) >= 11 is 0. The summed E-state index contributed by atoms with van der Waals surface area (Å²) in [4.78, 5) is 7.33. The number of ether oxygens (including phenoxy) is 1. The molecule has 0 amide bonds. The summed E-state index contributed by atoms with van der Waals surface area (Å²) < 4.78 is 45.5. The molecular formula is C29H42F3N3O. The predicted octanol–water partition coefficient (Wildman–Crippen LogP) is 7.42. The van der Waals surface area contributed by atoms with Gasteiger partial charge >= 0.3 is 6.18 Å². The molecule has 7 heteroatoms. The van der Waals surface area contributed by atoms with E-state index in [0.717, 1.165) is 30.5 Å². The van der Waals surface area contributed by atoms with Crippen molar-refractivity contribution in [2.75, 3.05) is 20.2 Å². The topological polar surface area (TPSA) is 47.0 Å². The standard InChI is InChI=1S/C29H42F3N3O/c1-18(2)27(25-16-24(10-9-19(25)3)22-11-14-33-15-12-22)20(4)23-8-7-13-34-28(29(30,31)32)35-21(5)26(17-23)36-6/h7-8,13,17-19,22,24-25,33H,9-12,14-16H2,1-6H3/b8-7?,13-7?,23-8?,23-17?,26-17?,26-21?,27-20+,34-13?,34-28?,35-21?,35-28?. The second-order valence-electron chi connectivity index (χ2n) is 10.8. The Kier molecular flexibility index (Phi) is 9.79. The number of allylic oxidation sites excluding steroid dienone is 2. The number of methoxy groups -OCH3 is 1. The van der Waals surface area contributed by atoms with Crippen molar-refractivity contribution in [3.8, 4) is 5.75 Å². The number of hydrogen-bond donors (Lipinski definition) is 1. The van der Waals surface area contributed by atoms with Crippen LogP contribution in [0.25, 0.3) is 5.57 Å². The third-order valence-corrected chi connectivity index (χ3v) is 8.12. The predicted molar refractivity (Wildman–Crippen MR) is 139 cm³/mol. The molecule has 36 heavy (non-hydrogen) atoms. The largest absolute Gasteiger partial charge is 0.495 e. The van der Waals surface area contributed by atoms with Crippen molar-refractivity contribution in [2.24, 2.45) is 29.6 Å². The van der Waals surface area contributed by atoms with E-state index in [1.54, 1.807) is 6.07 Å². The minimum absolute atomic E-state index is 0.144. The Hall–Kier alpha value is -2.15. The highest BCUT2D eigenvalue weighted by atomic mass is 19.4. The summed E-state index contributed by atoms with van der Waals surface area (Å²) in [5, 5.41) is 3.50. The van der Waals surface area contributed by atoms with Gasteiger partial charge in [-0.3, -0.25) is 0 Å². The third-order valence-electron chi connectivity index (χ3n) is 8.12. The molecule has 2 heterocycles. The zero-order valence-electron chi connectivity index (χ0n) is 22.6. The van der Waals surface area contributed by atoms with Gasteiger partial charge < -0.3 is 10.1 Å². The van der Waals surface area contributed by atoms with E-state index in [4.69, 9.17) is 4.74 Å². The van der Waals surface area contributed by atoms with Gasteiger partial charge in [0.15, 0.2) is 0 Å². The molecule has 0 bridgehead atoms. The van der Waals surface area contributed by atoms with Crippen molar-refractivity contribution in [2.45, 2.75) is 72.9 Å². The number of halogens is 3. The van der Waals surface area contributed by atoms with Crippen LogP contribution >= 0.6 is 0 Å². The van der Waals surface area contributed by atoms with Crippen molar-refractivity contribution >= 4 is 5.57 Å². The smallest absolute Gasteiger partial charge is 0.451 e. The maximum Gasteiger partial charge on any atom is 0.451 e. The van der Waals surface area contributed by atoms with Crippen molar-refractivity contribution < 1.29 is 17.9 Å². The van der Waals surface area contributed by atoms with Gasteiger partial charge in [-0.25, -0.2) is 9.97 Å². The third kappa shape index (κ3) is 6.99. The van der Waals surface area contributed by atoms with Gasteiger partial charge in [0.2, 0.25) is 5.82 Å². The molecule has 1 saturated carbocycles. The molecule has 1 N–H and O–H groups in total. The summed E-state index contributed by atoms with van der Waals surface area (Å²) in [6.07, 6.45) is 2.81. The lowest BCUT2D eigenvalue weighted by Crippen LogP contribution is -2.36. The number of piperidine rings is 1. The first-order chi connectivity index (χ1) is 17.0. The number of rotatable bonds is 5. The summed E-state index contributed by atoms with van der Waals surface area (Å²) in [7, 11) is 1.46. The Labute approximate surface area is 214 Å². The molecule has 1 aromatic rings. The fourth-order valence-electron chi connectivity index (χ4n) is 6.21. The fraction of sp³-hybridized carbons (Fsp3) is 0.655. The molecule has 0 aromatic carbocycles. The summed E-state index contributed by atoms with van der Waals surface area (Å²) in [6.45, 7) is 12.8. The number of hydrogen-bond acceptors (Lipinski definition) is 4. The van der Waals surface area contributed by atoms with Crippen molar-refractivity contribution in [1.82, 2.24) is 15.3 Å². The molecular weight excluding hydrogens is 463 g/mol. The highest BCUT2D eigenvalue weighted by Crippen LogP contribution is 2.46. The molecule has 3 rings (SSSR count). The minimum Gasteiger partial charge on any atom is -0.495 e. The second-order valence-corrected chi connectivity index (χ2v) is 10.8. The van der Waals surface area contributed by atoms with Crippen LogP contribution in [0.5, 0.6) is 5.75 Å². The number of aromatic nitrogens is 2. The number of alkyl halides is 3. The average Bonchev–Trinajstić information content (AvgIpc) is 2.83. The first-order valence-electron chi connectivity index (χ1n) is 13.3. The molecule has 0 spiro atoms. The summed E-state index contributed by atoms with van der Waals surface area (Å²) in [6, 6.07) is 5.22. The Morgan fingerprint density at radius 2 is 1.81 bits per heavy atom. The van der Waals surface area contributed by atoms with Crippen LogP contribution in [-0.4, -0.2) is 30.2 Å². The quantitative estimate of drug-likeness (QED) is 0.452. The molecule has 4 nitrogen and oxygen atoms in total. The molecule has 2 fully saturated rings. The lowest BCUT2D eigenvalue weighted by Gasteiger charge is -2.42. The van der Waals surface area contributed by atoms with E-state index >= 15 is 0 Å². The van der Waals surface area contributed by atoms with E-state index in [2.05, 4.69) is 43.0 Å². The van der Waals surface area contributed by atoms with Crippen LogP contribution in [-0.2, 0) is 6.18 Å². The number of nitrogens with zero attached hydrogens (tertiary/aromatic N) is 2. The van der Waals surface area contributed by atoms with Gasteiger partial charge in [-0.1, -0.05) is 32.4 Å². The molecule has 1 aliphatic heterocycles. The molecule has 1 aromatic heterocycles. The van der Waals surface area contributed by atoms with Crippen LogP contribution in [0.3, 0.4) is 0 Å². The molecule has 3 atom stereocenters. The van der Waals surface area contributed by atoms with Crippen LogP contribution in [0.1, 0.15) is 76.9 Å². The molecule has 1 saturated heterocycles. The SMILES string of the molecule is COc1cc(/C(C)=C(\C(C)C)C2CC(C3CCNCC3)CCC2C)cccnc(C(F)(F)F)nc1C. The normalized spacial score (nSPS) is 24.2. The van der Waals surface area contributed by atoms with Crippen LogP contribution in [0.2, 0.25) is 0 Å². The average molecular weight is 506 g/mol. The van der Waals surface area contributed by atoms with Crippen molar-refractivity contribution in [3.63, 3.8) is 0 Å². The molecule has 2 aliphatic rings. The first-order valence-corrected chi connectivity index (χ1v) is 13.3. The maximum absolute atomic E-state index is 13.3. The van der Waals surface area contributed by atoms with E-state index in [9.17, 15) is 13.2 Å². The number of aryl methyl sites for hydroxylation is 1. The second kappa shape index (κ2) is 12.4. The molecule has 0 radical (unpaired) electrons. The zero-order chi connectivity index (χ0) is 26.5. The van der Waals surface area contributed by atoms with E-state index in [1.165, 1.54) is 63.5 Å².